The number of carbonyl (C=O) groups is 2. The molecule has 0 saturated carbocycles. The lowest BCUT2D eigenvalue weighted by atomic mass is 10.1. The fourth-order valence-electron chi connectivity index (χ4n) is 1.67. The van der Waals surface area contributed by atoms with Gasteiger partial charge in [-0.2, -0.15) is 0 Å². The minimum Gasteiger partial charge on any atom is -0.483 e. The van der Waals surface area contributed by atoms with E-state index in [9.17, 15) is 9.59 Å². The predicted molar refractivity (Wildman–Crippen MR) is 89.0 cm³/mol. The van der Waals surface area contributed by atoms with Gasteiger partial charge in [0.1, 0.15) is 5.75 Å². The summed E-state index contributed by atoms with van der Waals surface area (Å²) in [6, 6.07) is 9.21. The lowest BCUT2D eigenvalue weighted by molar-refractivity contribution is -0.123. The zero-order chi connectivity index (χ0) is 16.1. The molecule has 7 heteroatoms. The quantitative estimate of drug-likeness (QED) is 0.798. The number of carbonyl (C=O) groups excluding carboxylic acids is 2. The maximum Gasteiger partial charge on any atom is 0.279 e. The van der Waals surface area contributed by atoms with Crippen LogP contribution in [-0.2, 0) is 4.79 Å². The third kappa shape index (κ3) is 4.57. The number of aryl methyl sites for hydroxylation is 2. The normalized spacial score (nSPS) is 10.1. The van der Waals surface area contributed by atoms with Crippen LogP contribution in [0, 0.1) is 13.8 Å². The molecule has 0 saturated heterocycles. The Morgan fingerprint density at radius 3 is 2.64 bits per heavy atom. The highest BCUT2D eigenvalue weighted by atomic mass is 79.9. The monoisotopic (exact) mass is 382 g/mol. The Morgan fingerprint density at radius 1 is 1.18 bits per heavy atom. The maximum atomic E-state index is 11.8. The summed E-state index contributed by atoms with van der Waals surface area (Å²) in [4.78, 5) is 24.0. The van der Waals surface area contributed by atoms with E-state index in [1.54, 1.807) is 12.1 Å². The lowest BCUT2D eigenvalue weighted by Crippen LogP contribution is -2.43. The van der Waals surface area contributed by atoms with Crippen molar-refractivity contribution >= 4 is 39.1 Å². The minimum atomic E-state index is -0.426. The summed E-state index contributed by atoms with van der Waals surface area (Å²) in [6.45, 7) is 3.69. The lowest BCUT2D eigenvalue weighted by Gasteiger charge is -2.10. The van der Waals surface area contributed by atoms with Crippen LogP contribution < -0.4 is 15.6 Å². The number of rotatable bonds is 4. The van der Waals surface area contributed by atoms with Gasteiger partial charge in [-0.1, -0.05) is 12.1 Å². The standard InChI is InChI=1S/C15H15BrN2O3S/c1-9-3-4-10(2)11(7-9)21-8-14(19)17-18-15(20)12-5-6-13(16)22-12/h3-7H,8H2,1-2H3,(H,17,19)(H,18,20). The highest BCUT2D eigenvalue weighted by molar-refractivity contribution is 9.11. The highest BCUT2D eigenvalue weighted by Crippen LogP contribution is 2.21. The molecule has 0 aliphatic heterocycles. The molecule has 0 fully saturated rings. The number of amides is 2. The van der Waals surface area contributed by atoms with Crippen molar-refractivity contribution in [2.24, 2.45) is 0 Å². The van der Waals surface area contributed by atoms with Crippen LogP contribution in [0.4, 0.5) is 0 Å². The van der Waals surface area contributed by atoms with Crippen LogP contribution in [-0.4, -0.2) is 18.4 Å². The summed E-state index contributed by atoms with van der Waals surface area (Å²) in [5.41, 5.74) is 6.67. The average molecular weight is 383 g/mol. The molecule has 2 N–H and O–H groups in total. The molecule has 0 aliphatic carbocycles. The van der Waals surface area contributed by atoms with E-state index in [1.807, 2.05) is 32.0 Å². The van der Waals surface area contributed by atoms with E-state index < -0.39 is 5.91 Å². The molecule has 1 heterocycles. The molecule has 2 rings (SSSR count). The molecule has 5 nitrogen and oxygen atoms in total. The molecule has 1 aromatic carbocycles. The summed E-state index contributed by atoms with van der Waals surface area (Å²) in [7, 11) is 0. The Balaban J connectivity index is 1.81. The van der Waals surface area contributed by atoms with Gasteiger partial charge in [0.05, 0.1) is 8.66 Å². The number of ether oxygens (including phenoxy) is 1. The van der Waals surface area contributed by atoms with Gasteiger partial charge in [-0.3, -0.25) is 20.4 Å². The number of hydrazine groups is 1. The molecule has 2 amide bonds. The Bertz CT molecular complexity index is 700. The number of hydrogen-bond donors (Lipinski definition) is 2. The first-order chi connectivity index (χ1) is 10.5. The zero-order valence-electron chi connectivity index (χ0n) is 12.1. The van der Waals surface area contributed by atoms with Crippen molar-refractivity contribution < 1.29 is 14.3 Å². The minimum absolute atomic E-state index is 0.168. The molecular formula is C15H15BrN2O3S. The Hall–Kier alpha value is -1.86. The first-order valence-electron chi connectivity index (χ1n) is 6.50. The van der Waals surface area contributed by atoms with Crippen molar-refractivity contribution in [3.63, 3.8) is 0 Å². The van der Waals surface area contributed by atoms with Gasteiger partial charge in [-0.15, -0.1) is 11.3 Å². The van der Waals surface area contributed by atoms with Crippen molar-refractivity contribution in [3.8, 4) is 5.75 Å². The first-order valence-corrected chi connectivity index (χ1v) is 8.11. The first kappa shape index (κ1) is 16.5. The second kappa shape index (κ2) is 7.42. The van der Waals surface area contributed by atoms with Crippen LogP contribution in [0.1, 0.15) is 20.8 Å². The van der Waals surface area contributed by atoms with Crippen molar-refractivity contribution in [3.05, 3.63) is 50.1 Å². The number of hydrogen-bond acceptors (Lipinski definition) is 4. The topological polar surface area (TPSA) is 67.4 Å². The van der Waals surface area contributed by atoms with Crippen LogP contribution in [0.15, 0.2) is 34.1 Å². The third-order valence-electron chi connectivity index (χ3n) is 2.81. The second-order valence-corrected chi connectivity index (χ2v) is 7.13. The van der Waals surface area contributed by atoms with Crippen LogP contribution in [0.5, 0.6) is 5.75 Å². The highest BCUT2D eigenvalue weighted by Gasteiger charge is 2.10. The molecular weight excluding hydrogens is 368 g/mol. The molecule has 0 spiro atoms. The van der Waals surface area contributed by atoms with E-state index in [-0.39, 0.29) is 12.5 Å². The molecule has 2 aromatic rings. The van der Waals surface area contributed by atoms with Gasteiger partial charge >= 0.3 is 0 Å². The Kier molecular flexibility index (Phi) is 5.57. The Labute approximate surface area is 140 Å². The molecule has 0 radical (unpaired) electrons. The number of nitrogens with one attached hydrogen (secondary N) is 2. The summed E-state index contributed by atoms with van der Waals surface area (Å²) in [6.07, 6.45) is 0. The van der Waals surface area contributed by atoms with Crippen molar-refractivity contribution in [2.45, 2.75) is 13.8 Å². The molecule has 1 aromatic heterocycles. The second-order valence-electron chi connectivity index (χ2n) is 4.66. The molecule has 22 heavy (non-hydrogen) atoms. The summed E-state index contributed by atoms with van der Waals surface area (Å²) in [5, 5.41) is 0. The molecule has 116 valence electrons. The predicted octanol–water partition coefficient (Wildman–Crippen LogP) is 2.97. The smallest absolute Gasteiger partial charge is 0.279 e. The van der Waals surface area contributed by atoms with Crippen LogP contribution in [0.3, 0.4) is 0 Å². The maximum absolute atomic E-state index is 11.8. The molecule has 0 aliphatic rings. The van der Waals surface area contributed by atoms with Gasteiger partial charge in [0.15, 0.2) is 6.61 Å². The molecule has 0 bridgehead atoms. The van der Waals surface area contributed by atoms with Crippen LogP contribution in [0.2, 0.25) is 0 Å². The SMILES string of the molecule is Cc1ccc(C)c(OCC(=O)NNC(=O)c2ccc(Br)s2)c1. The fourth-order valence-corrected chi connectivity index (χ4v) is 2.95. The number of halogens is 1. The van der Waals surface area contributed by atoms with E-state index in [2.05, 4.69) is 26.8 Å². The molecule has 0 unspecified atom stereocenters. The number of thiophene rings is 1. The summed E-state index contributed by atoms with van der Waals surface area (Å²) < 4.78 is 6.30. The van der Waals surface area contributed by atoms with Crippen LogP contribution in [0.25, 0.3) is 0 Å². The molecule has 0 atom stereocenters. The van der Waals surface area contributed by atoms with Crippen molar-refractivity contribution in [2.75, 3.05) is 6.61 Å². The number of benzene rings is 1. The van der Waals surface area contributed by atoms with Gasteiger partial charge in [-0.25, -0.2) is 0 Å². The fraction of sp³-hybridized carbons (Fsp3) is 0.200. The Morgan fingerprint density at radius 2 is 1.95 bits per heavy atom. The van der Waals surface area contributed by atoms with E-state index in [0.717, 1.165) is 14.9 Å². The van der Waals surface area contributed by atoms with Gasteiger partial charge in [-0.05, 0) is 59.1 Å². The van der Waals surface area contributed by atoms with Gasteiger partial charge in [0.2, 0.25) is 0 Å². The van der Waals surface area contributed by atoms with Gasteiger partial charge in [0.25, 0.3) is 11.8 Å². The average Bonchev–Trinajstić information content (AvgIpc) is 2.92. The van der Waals surface area contributed by atoms with Gasteiger partial charge < -0.3 is 4.74 Å². The zero-order valence-corrected chi connectivity index (χ0v) is 14.5. The van der Waals surface area contributed by atoms with E-state index in [4.69, 9.17) is 4.74 Å². The van der Waals surface area contributed by atoms with Crippen molar-refractivity contribution in [1.29, 1.82) is 0 Å². The van der Waals surface area contributed by atoms with Gasteiger partial charge in [0, 0.05) is 0 Å². The summed E-state index contributed by atoms with van der Waals surface area (Å²) >= 11 is 4.56. The van der Waals surface area contributed by atoms with E-state index in [1.165, 1.54) is 11.3 Å². The van der Waals surface area contributed by atoms with Crippen molar-refractivity contribution in [1.82, 2.24) is 10.9 Å². The van der Waals surface area contributed by atoms with E-state index in [0.29, 0.717) is 10.6 Å². The van der Waals surface area contributed by atoms with E-state index >= 15 is 0 Å². The third-order valence-corrected chi connectivity index (χ3v) is 4.44. The largest absolute Gasteiger partial charge is 0.483 e. The summed E-state index contributed by atoms with van der Waals surface area (Å²) in [5.74, 6) is -0.135. The van der Waals surface area contributed by atoms with Crippen LogP contribution >= 0.6 is 27.3 Å².